The zero-order chi connectivity index (χ0) is 14.6. The average molecular weight is 276 g/mol. The standard InChI is InChI=1S/C16H24N2O2/c1-16(17,14-6-4-3-5-7-14)15(19)18(2)10-11-20-12-13-8-9-13/h3-7,13H,8-12,17H2,1-2H3. The van der Waals surface area contributed by atoms with Gasteiger partial charge >= 0.3 is 0 Å². The molecule has 0 spiro atoms. The van der Waals surface area contributed by atoms with Crippen molar-refractivity contribution in [1.82, 2.24) is 4.90 Å². The van der Waals surface area contributed by atoms with Gasteiger partial charge in [0.2, 0.25) is 5.91 Å². The van der Waals surface area contributed by atoms with Crippen LogP contribution < -0.4 is 5.73 Å². The zero-order valence-electron chi connectivity index (χ0n) is 12.3. The number of nitrogens with two attached hydrogens (primary N) is 1. The second-order valence-corrected chi connectivity index (χ2v) is 5.81. The summed E-state index contributed by atoms with van der Waals surface area (Å²) in [5, 5.41) is 0. The van der Waals surface area contributed by atoms with Gasteiger partial charge in [0, 0.05) is 20.2 Å². The van der Waals surface area contributed by atoms with E-state index in [1.54, 1.807) is 18.9 Å². The second-order valence-electron chi connectivity index (χ2n) is 5.81. The highest BCUT2D eigenvalue weighted by Gasteiger charge is 2.32. The van der Waals surface area contributed by atoms with Crippen LogP contribution >= 0.6 is 0 Å². The first-order valence-electron chi connectivity index (χ1n) is 7.19. The van der Waals surface area contributed by atoms with Crippen molar-refractivity contribution in [1.29, 1.82) is 0 Å². The minimum atomic E-state index is -0.994. The summed E-state index contributed by atoms with van der Waals surface area (Å²) in [6, 6.07) is 9.48. The van der Waals surface area contributed by atoms with Crippen LogP contribution in [0.15, 0.2) is 30.3 Å². The lowest BCUT2D eigenvalue weighted by Crippen LogP contribution is -2.50. The molecule has 1 fully saturated rings. The van der Waals surface area contributed by atoms with Crippen LogP contribution in [0.3, 0.4) is 0 Å². The second kappa shape index (κ2) is 6.37. The molecule has 1 aromatic rings. The third-order valence-electron chi connectivity index (χ3n) is 3.79. The molecule has 1 amide bonds. The van der Waals surface area contributed by atoms with Gasteiger partial charge in [0.1, 0.15) is 5.54 Å². The van der Waals surface area contributed by atoms with E-state index in [-0.39, 0.29) is 5.91 Å². The van der Waals surface area contributed by atoms with E-state index in [9.17, 15) is 4.79 Å². The van der Waals surface area contributed by atoms with Gasteiger partial charge in [-0.25, -0.2) is 0 Å². The van der Waals surface area contributed by atoms with E-state index in [0.717, 1.165) is 18.1 Å². The fourth-order valence-corrected chi connectivity index (χ4v) is 2.14. The number of rotatable bonds is 7. The van der Waals surface area contributed by atoms with E-state index in [1.165, 1.54) is 12.8 Å². The maximum atomic E-state index is 12.5. The maximum Gasteiger partial charge on any atom is 0.246 e. The highest BCUT2D eigenvalue weighted by atomic mass is 16.5. The lowest BCUT2D eigenvalue weighted by molar-refractivity contribution is -0.136. The van der Waals surface area contributed by atoms with E-state index >= 15 is 0 Å². The number of amides is 1. The van der Waals surface area contributed by atoms with E-state index < -0.39 is 5.54 Å². The fourth-order valence-electron chi connectivity index (χ4n) is 2.14. The molecule has 20 heavy (non-hydrogen) atoms. The van der Waals surface area contributed by atoms with E-state index in [2.05, 4.69) is 0 Å². The molecule has 0 aliphatic heterocycles. The molecule has 4 nitrogen and oxygen atoms in total. The Morgan fingerprint density at radius 3 is 2.65 bits per heavy atom. The Kier molecular flexibility index (Phi) is 4.78. The van der Waals surface area contributed by atoms with Crippen LogP contribution in [0.1, 0.15) is 25.3 Å². The van der Waals surface area contributed by atoms with Crippen molar-refractivity contribution < 1.29 is 9.53 Å². The van der Waals surface area contributed by atoms with Crippen LogP contribution in [0, 0.1) is 5.92 Å². The summed E-state index contributed by atoms with van der Waals surface area (Å²) in [4.78, 5) is 14.1. The van der Waals surface area contributed by atoms with Crippen molar-refractivity contribution >= 4 is 5.91 Å². The number of hydrogen-bond acceptors (Lipinski definition) is 3. The maximum absolute atomic E-state index is 12.5. The van der Waals surface area contributed by atoms with Crippen molar-refractivity contribution in [3.8, 4) is 0 Å². The average Bonchev–Trinajstić information content (AvgIpc) is 3.27. The molecule has 2 rings (SSSR count). The van der Waals surface area contributed by atoms with Gasteiger partial charge < -0.3 is 15.4 Å². The Morgan fingerprint density at radius 2 is 2.05 bits per heavy atom. The van der Waals surface area contributed by atoms with Gasteiger partial charge in [-0.1, -0.05) is 30.3 Å². The van der Waals surface area contributed by atoms with Crippen LogP contribution in [0.2, 0.25) is 0 Å². The number of likely N-dealkylation sites (N-methyl/N-ethyl adjacent to an activating group) is 1. The van der Waals surface area contributed by atoms with E-state index in [1.807, 2.05) is 30.3 Å². The molecule has 1 unspecified atom stereocenters. The summed E-state index contributed by atoms with van der Waals surface area (Å²) in [6.45, 7) is 3.72. The van der Waals surface area contributed by atoms with Crippen molar-refractivity contribution in [3.05, 3.63) is 35.9 Å². The van der Waals surface area contributed by atoms with Crippen LogP contribution in [-0.4, -0.2) is 37.6 Å². The summed E-state index contributed by atoms with van der Waals surface area (Å²) < 4.78 is 5.56. The number of nitrogens with zero attached hydrogens (tertiary/aromatic N) is 1. The topological polar surface area (TPSA) is 55.6 Å². The molecule has 4 heteroatoms. The van der Waals surface area contributed by atoms with Crippen LogP contribution in [0.25, 0.3) is 0 Å². The number of ether oxygens (including phenoxy) is 1. The van der Waals surface area contributed by atoms with Crippen LogP contribution in [0.4, 0.5) is 0 Å². The minimum absolute atomic E-state index is 0.0845. The Bertz CT molecular complexity index is 441. The molecule has 1 saturated carbocycles. The molecular weight excluding hydrogens is 252 g/mol. The van der Waals surface area contributed by atoms with Crippen molar-refractivity contribution in [2.75, 3.05) is 26.8 Å². The van der Waals surface area contributed by atoms with Crippen LogP contribution in [0.5, 0.6) is 0 Å². The molecule has 0 aromatic heterocycles. The molecule has 1 atom stereocenters. The predicted molar refractivity (Wildman–Crippen MR) is 79.2 cm³/mol. The Labute approximate surface area is 120 Å². The van der Waals surface area contributed by atoms with Gasteiger partial charge in [-0.05, 0) is 31.2 Å². The third kappa shape index (κ3) is 3.81. The van der Waals surface area contributed by atoms with Crippen molar-refractivity contribution in [3.63, 3.8) is 0 Å². The highest BCUT2D eigenvalue weighted by molar-refractivity contribution is 5.86. The van der Waals surface area contributed by atoms with Gasteiger partial charge in [0.15, 0.2) is 0 Å². The Balaban J connectivity index is 1.84. The van der Waals surface area contributed by atoms with Crippen LogP contribution in [-0.2, 0) is 15.1 Å². The van der Waals surface area contributed by atoms with Gasteiger partial charge in [-0.15, -0.1) is 0 Å². The quantitative estimate of drug-likeness (QED) is 0.772. The molecule has 1 aliphatic rings. The molecule has 1 aliphatic carbocycles. The summed E-state index contributed by atoms with van der Waals surface area (Å²) in [5.74, 6) is 0.666. The first kappa shape index (κ1) is 15.0. The van der Waals surface area contributed by atoms with Gasteiger partial charge in [-0.3, -0.25) is 4.79 Å². The molecule has 0 radical (unpaired) electrons. The molecular formula is C16H24N2O2. The summed E-state index contributed by atoms with van der Waals surface area (Å²) in [6.07, 6.45) is 2.56. The SMILES string of the molecule is CN(CCOCC1CC1)C(=O)C(C)(N)c1ccccc1. The number of benzene rings is 1. The summed E-state index contributed by atoms with van der Waals surface area (Å²) >= 11 is 0. The molecule has 1 aromatic carbocycles. The molecule has 110 valence electrons. The van der Waals surface area contributed by atoms with Crippen molar-refractivity contribution in [2.24, 2.45) is 11.7 Å². The Hall–Kier alpha value is -1.39. The normalized spacial score (nSPS) is 17.6. The van der Waals surface area contributed by atoms with Gasteiger partial charge in [-0.2, -0.15) is 0 Å². The Morgan fingerprint density at radius 1 is 1.40 bits per heavy atom. The first-order chi connectivity index (χ1) is 9.51. The monoisotopic (exact) mass is 276 g/mol. The smallest absolute Gasteiger partial charge is 0.246 e. The zero-order valence-corrected chi connectivity index (χ0v) is 12.3. The van der Waals surface area contributed by atoms with Crippen molar-refractivity contribution in [2.45, 2.75) is 25.3 Å². The highest BCUT2D eigenvalue weighted by Crippen LogP contribution is 2.28. The largest absolute Gasteiger partial charge is 0.379 e. The summed E-state index contributed by atoms with van der Waals surface area (Å²) in [5.41, 5.74) is 6.05. The lowest BCUT2D eigenvalue weighted by Gasteiger charge is -2.29. The fraction of sp³-hybridized carbons (Fsp3) is 0.562. The predicted octanol–water partition coefficient (Wildman–Crippen LogP) is 1.75. The summed E-state index contributed by atoms with van der Waals surface area (Å²) in [7, 11) is 1.77. The van der Waals surface area contributed by atoms with Gasteiger partial charge in [0.05, 0.1) is 6.61 Å². The molecule has 2 N–H and O–H groups in total. The third-order valence-corrected chi connectivity index (χ3v) is 3.79. The molecule has 0 saturated heterocycles. The van der Waals surface area contributed by atoms with E-state index in [4.69, 9.17) is 10.5 Å². The molecule has 0 bridgehead atoms. The first-order valence-corrected chi connectivity index (χ1v) is 7.19. The van der Waals surface area contributed by atoms with Gasteiger partial charge in [0.25, 0.3) is 0 Å². The van der Waals surface area contributed by atoms with E-state index in [0.29, 0.717) is 13.2 Å². The minimum Gasteiger partial charge on any atom is -0.379 e. The lowest BCUT2D eigenvalue weighted by atomic mass is 9.92. The number of hydrogen-bond donors (Lipinski definition) is 1. The number of carbonyl (C=O) groups excluding carboxylic acids is 1. The molecule has 0 heterocycles. The number of carbonyl (C=O) groups is 1.